The zero-order chi connectivity index (χ0) is 23.5. The second-order valence-electron chi connectivity index (χ2n) is 8.50. The number of nitrogens with zero attached hydrogens (tertiary/aromatic N) is 2. The quantitative estimate of drug-likeness (QED) is 0.443. The van der Waals surface area contributed by atoms with Crippen LogP contribution >= 0.6 is 11.3 Å². The van der Waals surface area contributed by atoms with Gasteiger partial charge in [-0.15, -0.1) is 0 Å². The first kappa shape index (κ1) is 22.3. The first-order valence-electron chi connectivity index (χ1n) is 11.3. The third kappa shape index (κ3) is 4.60. The third-order valence-electron chi connectivity index (χ3n) is 6.23. The van der Waals surface area contributed by atoms with E-state index in [0.29, 0.717) is 29.6 Å². The maximum atomic E-state index is 12.9. The summed E-state index contributed by atoms with van der Waals surface area (Å²) in [6.07, 6.45) is -0.0544. The Morgan fingerprint density at radius 1 is 1.21 bits per heavy atom. The molecule has 0 unspecified atom stereocenters. The van der Waals surface area contributed by atoms with Crippen LogP contribution in [0.1, 0.15) is 35.8 Å². The molecule has 1 amide bonds. The first-order chi connectivity index (χ1) is 16.6. The zero-order valence-corrected chi connectivity index (χ0v) is 19.7. The largest absolute Gasteiger partial charge is 0.484 e. The van der Waals surface area contributed by atoms with Crippen molar-refractivity contribution in [3.05, 3.63) is 92.5 Å². The van der Waals surface area contributed by atoms with Crippen LogP contribution in [0.25, 0.3) is 10.8 Å². The summed E-state index contributed by atoms with van der Waals surface area (Å²) in [5.74, 6) is 0.300. The average molecular weight is 475 g/mol. The van der Waals surface area contributed by atoms with Crippen LogP contribution in [0, 0.1) is 0 Å². The molecule has 7 nitrogen and oxygen atoms in total. The van der Waals surface area contributed by atoms with Gasteiger partial charge in [0.2, 0.25) is 5.91 Å². The molecule has 174 valence electrons. The van der Waals surface area contributed by atoms with Gasteiger partial charge in [-0.3, -0.25) is 14.5 Å². The van der Waals surface area contributed by atoms with Crippen molar-refractivity contribution in [1.29, 1.82) is 0 Å². The van der Waals surface area contributed by atoms with Crippen molar-refractivity contribution >= 4 is 28.0 Å². The van der Waals surface area contributed by atoms with Gasteiger partial charge in [-0.1, -0.05) is 36.4 Å². The van der Waals surface area contributed by atoms with Gasteiger partial charge in [0, 0.05) is 42.7 Å². The molecule has 0 radical (unpaired) electrons. The molecule has 0 saturated heterocycles. The number of hydrogen-bond acceptors (Lipinski definition) is 6. The number of nitrogens with one attached hydrogen (secondary N) is 2. The van der Waals surface area contributed by atoms with Crippen LogP contribution < -0.4 is 15.6 Å². The van der Waals surface area contributed by atoms with Crippen LogP contribution in [-0.2, 0) is 11.3 Å². The standard InChI is InChI=1S/C26H26N4O3S/c1-17(24-20-7-3-4-8-21(20)26(32)29-28-24)25(31)27-11-12-30-14-18-6-2-5-9-22(18)33-23(15-30)19-10-13-34-16-19/h2-10,13,16-17,23H,11-12,14-15H2,1H3,(H,27,31)(H,29,32)/t17-,23+/m0/s1. The van der Waals surface area contributed by atoms with E-state index in [2.05, 4.69) is 43.3 Å². The van der Waals surface area contributed by atoms with Crippen molar-refractivity contribution in [2.24, 2.45) is 0 Å². The summed E-state index contributed by atoms with van der Waals surface area (Å²) < 4.78 is 6.35. The molecule has 8 heteroatoms. The zero-order valence-electron chi connectivity index (χ0n) is 18.9. The Morgan fingerprint density at radius 2 is 2.00 bits per heavy atom. The molecule has 3 heterocycles. The lowest BCUT2D eigenvalue weighted by Crippen LogP contribution is -2.38. The lowest BCUT2D eigenvalue weighted by Gasteiger charge is -2.24. The van der Waals surface area contributed by atoms with Gasteiger partial charge in [-0.25, -0.2) is 5.10 Å². The molecule has 5 rings (SSSR count). The Balaban J connectivity index is 1.26. The van der Waals surface area contributed by atoms with Crippen molar-refractivity contribution in [1.82, 2.24) is 20.4 Å². The second-order valence-corrected chi connectivity index (χ2v) is 9.28. The van der Waals surface area contributed by atoms with Crippen LogP contribution in [0.5, 0.6) is 5.75 Å². The molecule has 2 atom stereocenters. The van der Waals surface area contributed by atoms with E-state index >= 15 is 0 Å². The number of ether oxygens (including phenoxy) is 1. The van der Waals surface area contributed by atoms with Crippen molar-refractivity contribution in [3.63, 3.8) is 0 Å². The summed E-state index contributed by atoms with van der Waals surface area (Å²) in [5, 5.41) is 15.2. The summed E-state index contributed by atoms with van der Waals surface area (Å²) >= 11 is 1.66. The van der Waals surface area contributed by atoms with Crippen LogP contribution in [0.15, 0.2) is 70.2 Å². The van der Waals surface area contributed by atoms with Gasteiger partial charge in [0.25, 0.3) is 5.56 Å². The summed E-state index contributed by atoms with van der Waals surface area (Å²) in [4.78, 5) is 27.3. The molecule has 0 fully saturated rings. The molecule has 0 bridgehead atoms. The SMILES string of the molecule is C[C@H](C(=O)NCCN1Cc2ccccc2O[C@@H](c2ccsc2)C1)c1n[nH]c(=O)c2ccccc12. The van der Waals surface area contributed by atoms with Gasteiger partial charge < -0.3 is 10.1 Å². The maximum absolute atomic E-state index is 12.9. The highest BCUT2D eigenvalue weighted by Crippen LogP contribution is 2.31. The van der Waals surface area contributed by atoms with E-state index in [9.17, 15) is 9.59 Å². The summed E-state index contributed by atoms with van der Waals surface area (Å²) in [5.41, 5.74) is 2.63. The molecular formula is C26H26N4O3S. The van der Waals surface area contributed by atoms with Gasteiger partial charge in [-0.2, -0.15) is 16.4 Å². The van der Waals surface area contributed by atoms with E-state index in [1.807, 2.05) is 37.3 Å². The molecule has 0 saturated carbocycles. The smallest absolute Gasteiger partial charge is 0.272 e. The number of rotatable bonds is 6. The molecule has 4 aromatic rings. The third-order valence-corrected chi connectivity index (χ3v) is 6.93. The summed E-state index contributed by atoms with van der Waals surface area (Å²) in [6.45, 7) is 4.50. The lowest BCUT2D eigenvalue weighted by molar-refractivity contribution is -0.122. The average Bonchev–Trinajstić information content (AvgIpc) is 3.33. The Kier molecular flexibility index (Phi) is 6.42. The number of para-hydroxylation sites is 1. The van der Waals surface area contributed by atoms with Gasteiger partial charge in [0.15, 0.2) is 0 Å². The molecule has 34 heavy (non-hydrogen) atoms. The van der Waals surface area contributed by atoms with E-state index in [1.165, 1.54) is 5.56 Å². The number of aromatic amines is 1. The second kappa shape index (κ2) is 9.79. The van der Waals surface area contributed by atoms with Gasteiger partial charge in [0.05, 0.1) is 17.0 Å². The number of aromatic nitrogens is 2. The number of hydrogen-bond donors (Lipinski definition) is 2. The molecule has 2 aromatic heterocycles. The molecule has 0 aliphatic carbocycles. The monoisotopic (exact) mass is 474 g/mol. The molecule has 2 N–H and O–H groups in total. The van der Waals surface area contributed by atoms with E-state index in [0.717, 1.165) is 24.4 Å². The molecule has 2 aromatic carbocycles. The van der Waals surface area contributed by atoms with E-state index in [-0.39, 0.29) is 17.6 Å². The molecule has 1 aliphatic heterocycles. The first-order valence-corrected chi connectivity index (χ1v) is 12.3. The normalized spacial score (nSPS) is 16.9. The van der Waals surface area contributed by atoms with Gasteiger partial charge in [-0.05, 0) is 35.9 Å². The van der Waals surface area contributed by atoms with Crippen molar-refractivity contribution in [3.8, 4) is 5.75 Å². The minimum Gasteiger partial charge on any atom is -0.484 e. The number of carbonyl (C=O) groups excluding carboxylic acids is 1. The molecular weight excluding hydrogens is 448 g/mol. The van der Waals surface area contributed by atoms with Crippen molar-refractivity contribution < 1.29 is 9.53 Å². The number of H-pyrrole nitrogens is 1. The van der Waals surface area contributed by atoms with Crippen molar-refractivity contribution in [2.75, 3.05) is 19.6 Å². The van der Waals surface area contributed by atoms with Crippen LogP contribution in [0.3, 0.4) is 0 Å². The highest BCUT2D eigenvalue weighted by molar-refractivity contribution is 7.07. The fraction of sp³-hybridized carbons (Fsp3) is 0.269. The number of thiophene rings is 1. The minimum atomic E-state index is -0.492. The lowest BCUT2D eigenvalue weighted by atomic mass is 10.0. The number of carbonyl (C=O) groups is 1. The summed E-state index contributed by atoms with van der Waals surface area (Å²) in [7, 11) is 0. The topological polar surface area (TPSA) is 87.3 Å². The summed E-state index contributed by atoms with van der Waals surface area (Å²) in [6, 6.07) is 17.5. The molecule has 1 aliphatic rings. The Hall–Kier alpha value is -3.49. The van der Waals surface area contributed by atoms with Gasteiger partial charge in [0.1, 0.15) is 11.9 Å². The number of benzene rings is 2. The van der Waals surface area contributed by atoms with Crippen LogP contribution in [0.2, 0.25) is 0 Å². The predicted octanol–water partition coefficient (Wildman–Crippen LogP) is 3.84. The molecule has 0 spiro atoms. The highest BCUT2D eigenvalue weighted by atomic mass is 32.1. The number of amides is 1. The fourth-order valence-corrected chi connectivity index (χ4v) is 5.06. The maximum Gasteiger partial charge on any atom is 0.272 e. The van der Waals surface area contributed by atoms with E-state index in [1.54, 1.807) is 23.5 Å². The Labute approximate surface area is 201 Å². The fourth-order valence-electron chi connectivity index (χ4n) is 4.36. The minimum absolute atomic E-state index is 0.0544. The van der Waals surface area contributed by atoms with E-state index in [4.69, 9.17) is 4.74 Å². The number of fused-ring (bicyclic) bond motifs is 2. The highest BCUT2D eigenvalue weighted by Gasteiger charge is 2.25. The Morgan fingerprint density at radius 3 is 2.82 bits per heavy atom. The van der Waals surface area contributed by atoms with Crippen LogP contribution in [-0.4, -0.2) is 40.6 Å². The Bertz CT molecular complexity index is 1350. The van der Waals surface area contributed by atoms with E-state index < -0.39 is 5.92 Å². The predicted molar refractivity (Wildman–Crippen MR) is 133 cm³/mol. The van der Waals surface area contributed by atoms with Crippen molar-refractivity contribution in [2.45, 2.75) is 25.5 Å². The van der Waals surface area contributed by atoms with Gasteiger partial charge >= 0.3 is 0 Å². The van der Waals surface area contributed by atoms with Crippen LogP contribution in [0.4, 0.5) is 0 Å².